The Hall–Kier alpha value is -2.61. The Labute approximate surface area is 134 Å². The van der Waals surface area contributed by atoms with E-state index in [1.54, 1.807) is 44.2 Å². The molecule has 0 bridgehead atoms. The number of carbonyl (C=O) groups excluding carboxylic acids is 1. The molecule has 7 nitrogen and oxygen atoms in total. The SMILES string of the molecule is C/C(=N/NC(=O)c1ccoc1C)c1ccc(NS(C)(=O)=O)cc1. The van der Waals surface area contributed by atoms with Gasteiger partial charge in [-0.3, -0.25) is 9.52 Å². The number of nitrogens with zero attached hydrogens (tertiary/aromatic N) is 1. The number of carbonyl (C=O) groups is 1. The number of benzene rings is 1. The largest absolute Gasteiger partial charge is 0.469 e. The van der Waals surface area contributed by atoms with E-state index in [1.165, 1.54) is 6.26 Å². The van der Waals surface area contributed by atoms with Crippen molar-refractivity contribution in [1.82, 2.24) is 5.43 Å². The lowest BCUT2D eigenvalue weighted by atomic mass is 10.1. The van der Waals surface area contributed by atoms with E-state index in [2.05, 4.69) is 15.2 Å². The Morgan fingerprint density at radius 3 is 2.35 bits per heavy atom. The standard InChI is InChI=1S/C15H17N3O4S/c1-10(16-17-15(19)14-8-9-22-11(14)2)12-4-6-13(7-5-12)18-23(3,20)21/h4-9,18H,1-3H3,(H,17,19)/b16-10-. The minimum Gasteiger partial charge on any atom is -0.469 e. The molecule has 2 rings (SSSR count). The molecule has 122 valence electrons. The average Bonchev–Trinajstić information content (AvgIpc) is 2.90. The first-order chi connectivity index (χ1) is 10.8. The fraction of sp³-hybridized carbons (Fsp3) is 0.200. The smallest absolute Gasteiger partial charge is 0.274 e. The van der Waals surface area contributed by atoms with Crippen LogP contribution in [-0.4, -0.2) is 26.3 Å². The van der Waals surface area contributed by atoms with Gasteiger partial charge < -0.3 is 4.42 Å². The number of hydrogen-bond donors (Lipinski definition) is 2. The molecule has 8 heteroatoms. The normalized spacial score (nSPS) is 12.0. The van der Waals surface area contributed by atoms with Gasteiger partial charge in [-0.05, 0) is 37.6 Å². The number of hydrogen-bond acceptors (Lipinski definition) is 5. The second-order valence-electron chi connectivity index (χ2n) is 4.98. The molecule has 1 amide bonds. The average molecular weight is 335 g/mol. The van der Waals surface area contributed by atoms with Gasteiger partial charge in [-0.1, -0.05) is 12.1 Å². The summed E-state index contributed by atoms with van der Waals surface area (Å²) < 4.78 is 29.7. The number of amides is 1. The number of aryl methyl sites for hydroxylation is 1. The van der Waals surface area contributed by atoms with Crippen LogP contribution in [-0.2, 0) is 10.0 Å². The molecule has 0 fully saturated rings. The molecule has 0 aliphatic carbocycles. The van der Waals surface area contributed by atoms with Crippen LogP contribution in [0.25, 0.3) is 0 Å². The van der Waals surface area contributed by atoms with Crippen molar-refractivity contribution >= 4 is 27.3 Å². The van der Waals surface area contributed by atoms with E-state index in [1.807, 2.05) is 0 Å². The van der Waals surface area contributed by atoms with E-state index in [0.29, 0.717) is 22.7 Å². The number of hydrazone groups is 1. The first-order valence-electron chi connectivity index (χ1n) is 6.73. The van der Waals surface area contributed by atoms with Gasteiger partial charge in [0, 0.05) is 5.69 Å². The maximum Gasteiger partial charge on any atom is 0.274 e. The van der Waals surface area contributed by atoms with Gasteiger partial charge in [-0.25, -0.2) is 13.8 Å². The Balaban J connectivity index is 2.06. The summed E-state index contributed by atoms with van der Waals surface area (Å²) in [5, 5.41) is 4.03. The second-order valence-corrected chi connectivity index (χ2v) is 6.73. The molecular formula is C15H17N3O4S. The maximum absolute atomic E-state index is 11.9. The number of rotatable bonds is 5. The van der Waals surface area contributed by atoms with Crippen LogP contribution in [0.3, 0.4) is 0 Å². The summed E-state index contributed by atoms with van der Waals surface area (Å²) in [6.07, 6.45) is 2.52. The fourth-order valence-corrected chi connectivity index (χ4v) is 2.44. The molecule has 0 unspecified atom stereocenters. The highest BCUT2D eigenvalue weighted by Crippen LogP contribution is 2.12. The first kappa shape index (κ1) is 16.8. The van der Waals surface area contributed by atoms with Crippen LogP contribution in [0.1, 0.15) is 28.6 Å². The molecule has 1 aromatic carbocycles. The molecule has 1 heterocycles. The van der Waals surface area contributed by atoms with Gasteiger partial charge >= 0.3 is 0 Å². The van der Waals surface area contributed by atoms with E-state index < -0.39 is 10.0 Å². The summed E-state index contributed by atoms with van der Waals surface area (Å²) in [5.74, 6) is 0.164. The summed E-state index contributed by atoms with van der Waals surface area (Å²) in [6, 6.07) is 8.24. The number of sulfonamides is 1. The van der Waals surface area contributed by atoms with E-state index in [9.17, 15) is 13.2 Å². The minimum atomic E-state index is -3.31. The van der Waals surface area contributed by atoms with Crippen LogP contribution < -0.4 is 10.1 Å². The van der Waals surface area contributed by atoms with Crippen LogP contribution in [0.5, 0.6) is 0 Å². The van der Waals surface area contributed by atoms with Crippen molar-refractivity contribution in [3.05, 3.63) is 53.5 Å². The zero-order valence-electron chi connectivity index (χ0n) is 13.0. The molecule has 0 atom stereocenters. The van der Waals surface area contributed by atoms with Gasteiger partial charge in [0.05, 0.1) is 23.8 Å². The number of anilines is 1. The number of furan rings is 1. The molecular weight excluding hydrogens is 318 g/mol. The molecule has 0 saturated carbocycles. The summed E-state index contributed by atoms with van der Waals surface area (Å²) in [7, 11) is -3.31. The Morgan fingerprint density at radius 2 is 1.83 bits per heavy atom. The fourth-order valence-electron chi connectivity index (χ4n) is 1.87. The lowest BCUT2D eigenvalue weighted by Gasteiger charge is -2.06. The van der Waals surface area contributed by atoms with E-state index >= 15 is 0 Å². The van der Waals surface area contributed by atoms with Crippen LogP contribution in [0.4, 0.5) is 5.69 Å². The van der Waals surface area contributed by atoms with E-state index in [4.69, 9.17) is 4.42 Å². The molecule has 0 saturated heterocycles. The Kier molecular flexibility index (Phi) is 4.85. The molecule has 0 aliphatic heterocycles. The summed E-state index contributed by atoms with van der Waals surface area (Å²) >= 11 is 0. The van der Waals surface area contributed by atoms with Crippen molar-refractivity contribution in [1.29, 1.82) is 0 Å². The van der Waals surface area contributed by atoms with Crippen LogP contribution in [0.2, 0.25) is 0 Å². The lowest BCUT2D eigenvalue weighted by Crippen LogP contribution is -2.19. The summed E-state index contributed by atoms with van der Waals surface area (Å²) in [5.41, 5.74) is 4.69. The monoisotopic (exact) mass is 335 g/mol. The Bertz CT molecular complexity index is 836. The highest BCUT2D eigenvalue weighted by Gasteiger charge is 2.10. The first-order valence-corrected chi connectivity index (χ1v) is 8.62. The van der Waals surface area contributed by atoms with Crippen LogP contribution >= 0.6 is 0 Å². The van der Waals surface area contributed by atoms with Crippen molar-refractivity contribution in [2.45, 2.75) is 13.8 Å². The van der Waals surface area contributed by atoms with Crippen molar-refractivity contribution in [2.24, 2.45) is 5.10 Å². The van der Waals surface area contributed by atoms with Gasteiger partial charge in [0.2, 0.25) is 10.0 Å². The van der Waals surface area contributed by atoms with Crippen LogP contribution in [0.15, 0.2) is 46.1 Å². The summed E-state index contributed by atoms with van der Waals surface area (Å²) in [4.78, 5) is 11.9. The maximum atomic E-state index is 11.9. The molecule has 1 aromatic heterocycles. The van der Waals surface area contributed by atoms with Gasteiger partial charge in [0.15, 0.2) is 0 Å². The van der Waals surface area contributed by atoms with Crippen molar-refractivity contribution < 1.29 is 17.6 Å². The molecule has 0 spiro atoms. The molecule has 23 heavy (non-hydrogen) atoms. The van der Waals surface area contributed by atoms with Crippen molar-refractivity contribution in [3.8, 4) is 0 Å². The highest BCUT2D eigenvalue weighted by atomic mass is 32.2. The van der Waals surface area contributed by atoms with E-state index in [0.717, 1.165) is 11.8 Å². The lowest BCUT2D eigenvalue weighted by molar-refractivity contribution is 0.0953. The zero-order valence-corrected chi connectivity index (χ0v) is 13.8. The van der Waals surface area contributed by atoms with Crippen LogP contribution in [0, 0.1) is 6.92 Å². The number of nitrogens with one attached hydrogen (secondary N) is 2. The van der Waals surface area contributed by atoms with Gasteiger partial charge in [-0.2, -0.15) is 5.10 Å². The second kappa shape index (κ2) is 6.66. The predicted octanol–water partition coefficient (Wildman–Crippen LogP) is 2.11. The molecule has 0 aliphatic rings. The third-order valence-electron chi connectivity index (χ3n) is 3.03. The molecule has 2 N–H and O–H groups in total. The third-order valence-corrected chi connectivity index (χ3v) is 3.64. The Morgan fingerprint density at radius 1 is 1.17 bits per heavy atom. The molecule has 0 radical (unpaired) electrons. The topological polar surface area (TPSA) is 101 Å². The predicted molar refractivity (Wildman–Crippen MR) is 88.0 cm³/mol. The minimum absolute atomic E-state index is 0.356. The summed E-state index contributed by atoms with van der Waals surface area (Å²) in [6.45, 7) is 3.43. The van der Waals surface area contributed by atoms with Gasteiger partial charge in [-0.15, -0.1) is 0 Å². The van der Waals surface area contributed by atoms with Gasteiger partial charge in [0.1, 0.15) is 5.76 Å². The van der Waals surface area contributed by atoms with Gasteiger partial charge in [0.25, 0.3) is 5.91 Å². The van der Waals surface area contributed by atoms with Crippen molar-refractivity contribution in [3.63, 3.8) is 0 Å². The third kappa shape index (κ3) is 4.68. The molecule has 2 aromatic rings. The zero-order chi connectivity index (χ0) is 17.0. The quantitative estimate of drug-likeness (QED) is 0.645. The van der Waals surface area contributed by atoms with Crippen molar-refractivity contribution in [2.75, 3.05) is 11.0 Å². The van der Waals surface area contributed by atoms with E-state index in [-0.39, 0.29) is 5.91 Å². The highest BCUT2D eigenvalue weighted by molar-refractivity contribution is 7.92.